The van der Waals surface area contributed by atoms with Gasteiger partial charge in [-0.25, -0.2) is 9.07 Å². The second-order valence-corrected chi connectivity index (χ2v) is 8.38. The molecule has 3 aromatic rings. The normalized spacial score (nSPS) is 16.5. The topological polar surface area (TPSA) is 35.2 Å². The summed E-state index contributed by atoms with van der Waals surface area (Å²) >= 11 is 12.1. The van der Waals surface area contributed by atoms with E-state index in [1.807, 2.05) is 35.9 Å². The van der Waals surface area contributed by atoms with Gasteiger partial charge in [-0.15, -0.1) is 0 Å². The van der Waals surface area contributed by atoms with Crippen molar-refractivity contribution in [3.05, 3.63) is 69.7 Å². The molecule has 158 valence electrons. The second kappa shape index (κ2) is 9.39. The van der Waals surface area contributed by atoms with Crippen molar-refractivity contribution in [2.45, 2.75) is 38.7 Å². The predicted octanol–water partition coefficient (Wildman–Crippen LogP) is 5.14. The molecule has 0 N–H and O–H groups in total. The molecule has 30 heavy (non-hydrogen) atoms. The third kappa shape index (κ3) is 4.81. The fourth-order valence-corrected chi connectivity index (χ4v) is 4.15. The molecule has 4 rings (SSSR count). The minimum absolute atomic E-state index is 0.120. The van der Waals surface area contributed by atoms with Crippen LogP contribution in [0, 0.1) is 10.6 Å². The zero-order chi connectivity index (χ0) is 21.1. The van der Waals surface area contributed by atoms with E-state index in [1.165, 1.54) is 12.1 Å². The lowest BCUT2D eigenvalue weighted by atomic mass is 10.2. The predicted molar refractivity (Wildman–Crippen MR) is 118 cm³/mol. The molecule has 1 aliphatic rings. The molecule has 2 heterocycles. The van der Waals surface area contributed by atoms with Gasteiger partial charge in [0.15, 0.2) is 10.6 Å². The van der Waals surface area contributed by atoms with Crippen LogP contribution in [0.3, 0.4) is 0 Å². The highest BCUT2D eigenvalue weighted by Gasteiger charge is 2.21. The van der Waals surface area contributed by atoms with Crippen LogP contribution in [0.25, 0.3) is 11.4 Å². The van der Waals surface area contributed by atoms with Crippen LogP contribution in [-0.4, -0.2) is 39.0 Å². The van der Waals surface area contributed by atoms with E-state index in [2.05, 4.69) is 4.90 Å². The van der Waals surface area contributed by atoms with Gasteiger partial charge in [-0.05, 0) is 68.0 Å². The number of nitrogens with zero attached hydrogens (tertiary/aromatic N) is 4. The number of hydrogen-bond acceptors (Lipinski definition) is 4. The summed E-state index contributed by atoms with van der Waals surface area (Å²) in [4.78, 5) is 2.11. The molecule has 0 unspecified atom stereocenters. The maximum absolute atomic E-state index is 13.4. The van der Waals surface area contributed by atoms with E-state index in [4.69, 9.17) is 33.7 Å². The lowest BCUT2D eigenvalue weighted by Crippen LogP contribution is -2.23. The van der Waals surface area contributed by atoms with Crippen LogP contribution in [0.1, 0.15) is 18.4 Å². The summed E-state index contributed by atoms with van der Waals surface area (Å²) in [5.74, 6) is 0.448. The Morgan fingerprint density at radius 1 is 1.23 bits per heavy atom. The van der Waals surface area contributed by atoms with Crippen molar-refractivity contribution in [1.82, 2.24) is 19.2 Å². The average molecular weight is 447 g/mol. The van der Waals surface area contributed by atoms with Gasteiger partial charge in [-0.2, -0.15) is 5.10 Å². The van der Waals surface area contributed by atoms with E-state index < -0.39 is 0 Å². The van der Waals surface area contributed by atoms with E-state index in [0.717, 1.165) is 41.4 Å². The molecule has 2 aromatic carbocycles. The summed E-state index contributed by atoms with van der Waals surface area (Å²) in [6.07, 6.45) is 2.18. The Morgan fingerprint density at radius 3 is 2.70 bits per heavy atom. The smallest absolute Gasteiger partial charge is 0.199 e. The summed E-state index contributed by atoms with van der Waals surface area (Å²) in [6.45, 7) is 2.60. The van der Waals surface area contributed by atoms with Crippen molar-refractivity contribution >= 4 is 23.8 Å². The van der Waals surface area contributed by atoms with Crippen molar-refractivity contribution in [3.8, 4) is 11.4 Å². The van der Waals surface area contributed by atoms with Crippen molar-refractivity contribution in [2.24, 2.45) is 0 Å². The number of rotatable bonds is 7. The van der Waals surface area contributed by atoms with Crippen LogP contribution in [-0.2, 0) is 24.5 Å². The van der Waals surface area contributed by atoms with Crippen molar-refractivity contribution in [1.29, 1.82) is 0 Å². The molecule has 0 saturated carbocycles. The van der Waals surface area contributed by atoms with E-state index in [9.17, 15) is 4.39 Å². The highest BCUT2D eigenvalue weighted by Crippen LogP contribution is 2.23. The second-order valence-electron chi connectivity index (χ2n) is 7.61. The van der Waals surface area contributed by atoms with E-state index >= 15 is 0 Å². The fourth-order valence-electron chi connectivity index (χ4n) is 3.70. The summed E-state index contributed by atoms with van der Waals surface area (Å²) in [5, 5.41) is 5.52. The van der Waals surface area contributed by atoms with Gasteiger partial charge in [-0.3, -0.25) is 9.47 Å². The minimum atomic E-state index is -0.276. The van der Waals surface area contributed by atoms with Crippen LogP contribution >= 0.6 is 23.8 Å². The molecule has 5 nitrogen and oxygen atoms in total. The molecule has 0 bridgehead atoms. The van der Waals surface area contributed by atoms with E-state index in [1.54, 1.807) is 16.8 Å². The Morgan fingerprint density at radius 2 is 2.00 bits per heavy atom. The number of hydrogen-bond donors (Lipinski definition) is 0. The Labute approximate surface area is 185 Å². The Balaban J connectivity index is 1.61. The molecule has 1 aliphatic heterocycles. The van der Waals surface area contributed by atoms with Crippen molar-refractivity contribution in [3.63, 3.8) is 0 Å². The van der Waals surface area contributed by atoms with Crippen LogP contribution < -0.4 is 0 Å². The SMILES string of the molecule is CN(Cc1ccccc1Cl)Cn1nc(-c2ccc(F)cc2)n(C[C@@H]2CCCO2)c1=S. The summed E-state index contributed by atoms with van der Waals surface area (Å²) in [5.41, 5.74) is 1.87. The molecular weight excluding hydrogens is 423 g/mol. The van der Waals surface area contributed by atoms with Crippen LogP contribution in [0.4, 0.5) is 4.39 Å². The maximum Gasteiger partial charge on any atom is 0.199 e. The van der Waals surface area contributed by atoms with Crippen molar-refractivity contribution < 1.29 is 9.13 Å². The third-order valence-corrected chi connectivity index (χ3v) is 6.01. The average Bonchev–Trinajstić information content (AvgIpc) is 3.34. The lowest BCUT2D eigenvalue weighted by molar-refractivity contribution is 0.0967. The molecule has 1 aromatic heterocycles. The lowest BCUT2D eigenvalue weighted by Gasteiger charge is -2.17. The van der Waals surface area contributed by atoms with Gasteiger partial charge < -0.3 is 4.74 Å². The van der Waals surface area contributed by atoms with E-state index in [-0.39, 0.29) is 11.9 Å². The number of ether oxygens (including phenoxy) is 1. The third-order valence-electron chi connectivity index (χ3n) is 5.21. The van der Waals surface area contributed by atoms with Gasteiger partial charge in [0.2, 0.25) is 0 Å². The molecule has 8 heteroatoms. The van der Waals surface area contributed by atoms with Gasteiger partial charge in [0, 0.05) is 23.7 Å². The molecule has 0 aliphatic carbocycles. The van der Waals surface area contributed by atoms with Gasteiger partial charge in [0.05, 0.1) is 19.3 Å². The van der Waals surface area contributed by atoms with Gasteiger partial charge in [0.1, 0.15) is 5.82 Å². The van der Waals surface area contributed by atoms with E-state index in [0.29, 0.717) is 24.5 Å². The quantitative estimate of drug-likeness (QED) is 0.470. The molecule has 1 fully saturated rings. The van der Waals surface area contributed by atoms with Crippen LogP contribution in [0.15, 0.2) is 48.5 Å². The largest absolute Gasteiger partial charge is 0.376 e. The van der Waals surface area contributed by atoms with Gasteiger partial charge in [-0.1, -0.05) is 29.8 Å². The van der Waals surface area contributed by atoms with Crippen LogP contribution in [0.2, 0.25) is 5.02 Å². The minimum Gasteiger partial charge on any atom is -0.376 e. The number of benzene rings is 2. The summed E-state index contributed by atoms with van der Waals surface area (Å²) in [6, 6.07) is 14.1. The molecule has 1 atom stereocenters. The highest BCUT2D eigenvalue weighted by molar-refractivity contribution is 7.71. The number of aromatic nitrogens is 3. The standard InChI is InChI=1S/C22H24ClFN4OS/c1-26(13-17-5-2-3-7-20(17)23)15-28-22(30)27(14-19-6-4-12-29-19)21(25-28)16-8-10-18(24)11-9-16/h2-3,5,7-11,19H,4,6,12-15H2,1H3/t19-/m0/s1. The first-order chi connectivity index (χ1) is 14.5. The monoisotopic (exact) mass is 446 g/mol. The molecule has 1 saturated heterocycles. The molecule has 0 radical (unpaired) electrons. The first-order valence-electron chi connectivity index (χ1n) is 9.98. The maximum atomic E-state index is 13.4. The first kappa shape index (κ1) is 21.2. The Kier molecular flexibility index (Phi) is 6.63. The summed E-state index contributed by atoms with van der Waals surface area (Å²) < 4.78 is 23.7. The molecular formula is C22H24ClFN4OS. The van der Waals surface area contributed by atoms with Gasteiger partial charge >= 0.3 is 0 Å². The Bertz CT molecular complexity index is 1060. The highest BCUT2D eigenvalue weighted by atomic mass is 35.5. The first-order valence-corrected chi connectivity index (χ1v) is 10.8. The summed E-state index contributed by atoms with van der Waals surface area (Å²) in [7, 11) is 2.00. The van der Waals surface area contributed by atoms with Gasteiger partial charge in [0.25, 0.3) is 0 Å². The fraction of sp³-hybridized carbons (Fsp3) is 0.364. The zero-order valence-electron chi connectivity index (χ0n) is 16.8. The Hall–Kier alpha value is -2.06. The molecule has 0 amide bonds. The zero-order valence-corrected chi connectivity index (χ0v) is 18.4. The van der Waals surface area contributed by atoms with Crippen LogP contribution in [0.5, 0.6) is 0 Å². The van der Waals surface area contributed by atoms with Crippen molar-refractivity contribution in [2.75, 3.05) is 13.7 Å². The number of halogens is 2. The molecule has 0 spiro atoms.